The van der Waals surface area contributed by atoms with Gasteiger partial charge >= 0.3 is 0 Å². The minimum absolute atomic E-state index is 0.188. The zero-order valence-electron chi connectivity index (χ0n) is 9.45. The van der Waals surface area contributed by atoms with Crippen molar-refractivity contribution in [1.29, 1.82) is 0 Å². The molecule has 0 atom stereocenters. The van der Waals surface area contributed by atoms with Gasteiger partial charge in [-0.1, -0.05) is 6.07 Å². The average Bonchev–Trinajstić information content (AvgIpc) is 2.74. The third-order valence-electron chi connectivity index (χ3n) is 2.20. The number of thiazole rings is 1. The predicted octanol–water partition coefficient (Wildman–Crippen LogP) is 2.76. The van der Waals surface area contributed by atoms with Crippen molar-refractivity contribution in [2.24, 2.45) is 5.10 Å². The SMILES string of the molecule is Cc1ccc(F)c(C=NNc2nc(N)cs2)c1F. The Bertz CT molecular complexity index is 595. The van der Waals surface area contributed by atoms with Gasteiger partial charge in [0, 0.05) is 5.38 Å². The van der Waals surface area contributed by atoms with E-state index in [1.807, 2.05) is 0 Å². The molecule has 0 saturated heterocycles. The first-order valence-corrected chi connectivity index (χ1v) is 5.90. The fourth-order valence-electron chi connectivity index (χ4n) is 1.29. The van der Waals surface area contributed by atoms with Crippen molar-refractivity contribution >= 4 is 28.5 Å². The third-order valence-corrected chi connectivity index (χ3v) is 2.96. The van der Waals surface area contributed by atoms with Crippen LogP contribution in [0.25, 0.3) is 0 Å². The molecule has 2 aromatic rings. The molecule has 18 heavy (non-hydrogen) atoms. The molecule has 0 aliphatic rings. The zero-order chi connectivity index (χ0) is 13.1. The summed E-state index contributed by atoms with van der Waals surface area (Å²) in [5, 5.41) is 5.81. The molecule has 0 unspecified atom stereocenters. The van der Waals surface area contributed by atoms with Gasteiger partial charge in [0.05, 0.1) is 11.8 Å². The number of hydrogen-bond acceptors (Lipinski definition) is 5. The lowest BCUT2D eigenvalue weighted by Gasteiger charge is -2.01. The number of benzene rings is 1. The first-order valence-electron chi connectivity index (χ1n) is 5.02. The Hall–Kier alpha value is -2.02. The summed E-state index contributed by atoms with van der Waals surface area (Å²) in [6, 6.07) is 2.57. The Morgan fingerprint density at radius 1 is 1.44 bits per heavy atom. The number of anilines is 2. The van der Waals surface area contributed by atoms with E-state index in [2.05, 4.69) is 15.5 Å². The van der Waals surface area contributed by atoms with Crippen molar-refractivity contribution in [3.05, 3.63) is 40.3 Å². The highest BCUT2D eigenvalue weighted by atomic mass is 32.1. The molecule has 1 aromatic heterocycles. The lowest BCUT2D eigenvalue weighted by molar-refractivity contribution is 0.574. The van der Waals surface area contributed by atoms with Crippen LogP contribution >= 0.6 is 11.3 Å². The summed E-state index contributed by atoms with van der Waals surface area (Å²) in [6.45, 7) is 1.56. The monoisotopic (exact) mass is 268 g/mol. The van der Waals surface area contributed by atoms with Gasteiger partial charge in [-0.15, -0.1) is 11.3 Å². The van der Waals surface area contributed by atoms with Gasteiger partial charge in [0.15, 0.2) is 0 Å². The maximum absolute atomic E-state index is 13.6. The molecule has 7 heteroatoms. The first-order chi connectivity index (χ1) is 8.58. The van der Waals surface area contributed by atoms with Crippen molar-refractivity contribution in [2.75, 3.05) is 11.2 Å². The van der Waals surface area contributed by atoms with Crippen molar-refractivity contribution < 1.29 is 8.78 Å². The standard InChI is InChI=1S/C11H10F2N4S/c1-6-2-3-8(12)7(10(6)13)4-15-17-11-16-9(14)5-18-11/h2-5H,14H2,1H3,(H,16,17). The fourth-order valence-corrected chi connectivity index (χ4v) is 1.83. The van der Waals surface area contributed by atoms with Crippen LogP contribution in [-0.2, 0) is 0 Å². The summed E-state index contributed by atoms with van der Waals surface area (Å²) in [4.78, 5) is 3.89. The molecular weight excluding hydrogens is 258 g/mol. The topological polar surface area (TPSA) is 63.3 Å². The van der Waals surface area contributed by atoms with E-state index >= 15 is 0 Å². The van der Waals surface area contributed by atoms with Crippen molar-refractivity contribution in [2.45, 2.75) is 6.92 Å². The summed E-state index contributed by atoms with van der Waals surface area (Å²) >= 11 is 1.25. The van der Waals surface area contributed by atoms with Crippen LogP contribution in [0.3, 0.4) is 0 Å². The van der Waals surface area contributed by atoms with Gasteiger partial charge in [-0.05, 0) is 18.6 Å². The second kappa shape index (κ2) is 5.09. The van der Waals surface area contributed by atoms with E-state index in [9.17, 15) is 8.78 Å². The van der Waals surface area contributed by atoms with E-state index in [-0.39, 0.29) is 5.56 Å². The highest BCUT2D eigenvalue weighted by Crippen LogP contribution is 2.17. The Balaban J connectivity index is 2.16. The second-order valence-electron chi connectivity index (χ2n) is 3.54. The predicted molar refractivity (Wildman–Crippen MR) is 68.8 cm³/mol. The Labute approximate surface area is 106 Å². The van der Waals surface area contributed by atoms with E-state index in [1.54, 1.807) is 12.3 Å². The zero-order valence-corrected chi connectivity index (χ0v) is 10.3. The summed E-state index contributed by atoms with van der Waals surface area (Å²) in [5.41, 5.74) is 8.14. The molecule has 0 aliphatic heterocycles. The highest BCUT2D eigenvalue weighted by molar-refractivity contribution is 7.14. The lowest BCUT2D eigenvalue weighted by Crippen LogP contribution is -1.99. The summed E-state index contributed by atoms with van der Waals surface area (Å²) in [6.07, 6.45) is 1.08. The molecule has 0 amide bonds. The average molecular weight is 268 g/mol. The maximum atomic E-state index is 13.6. The Morgan fingerprint density at radius 2 is 2.22 bits per heavy atom. The van der Waals surface area contributed by atoms with Crippen molar-refractivity contribution in [3.63, 3.8) is 0 Å². The molecule has 1 heterocycles. The number of hydrazone groups is 1. The number of aryl methyl sites for hydroxylation is 1. The molecule has 4 nitrogen and oxygen atoms in total. The maximum Gasteiger partial charge on any atom is 0.205 e. The van der Waals surface area contributed by atoms with Gasteiger partial charge in [-0.3, -0.25) is 5.43 Å². The summed E-state index contributed by atoms with van der Waals surface area (Å²) < 4.78 is 27.0. The number of aromatic nitrogens is 1. The third kappa shape index (κ3) is 2.62. The van der Waals surface area contributed by atoms with Crippen LogP contribution in [0.5, 0.6) is 0 Å². The van der Waals surface area contributed by atoms with Gasteiger partial charge in [-0.2, -0.15) is 5.10 Å². The Kier molecular flexibility index (Phi) is 3.52. The molecule has 1 aromatic carbocycles. The molecule has 3 N–H and O–H groups in total. The number of nitrogens with zero attached hydrogens (tertiary/aromatic N) is 2. The van der Waals surface area contributed by atoms with Crippen LogP contribution < -0.4 is 11.2 Å². The molecule has 0 saturated carbocycles. The number of nitrogens with two attached hydrogens (primary N) is 1. The molecule has 94 valence electrons. The second-order valence-corrected chi connectivity index (χ2v) is 4.40. The van der Waals surface area contributed by atoms with Crippen LogP contribution in [0.15, 0.2) is 22.6 Å². The molecule has 0 radical (unpaired) electrons. The normalized spacial score (nSPS) is 11.1. The highest BCUT2D eigenvalue weighted by Gasteiger charge is 2.08. The molecule has 2 rings (SSSR count). The largest absolute Gasteiger partial charge is 0.383 e. The molecular formula is C11H10F2N4S. The van der Waals surface area contributed by atoms with Gasteiger partial charge in [0.2, 0.25) is 5.13 Å². The number of halogens is 2. The minimum atomic E-state index is -0.665. The first kappa shape index (κ1) is 12.4. The van der Waals surface area contributed by atoms with Crippen molar-refractivity contribution in [1.82, 2.24) is 4.98 Å². The molecule has 0 bridgehead atoms. The molecule has 0 spiro atoms. The van der Waals surface area contributed by atoms with E-state index < -0.39 is 11.6 Å². The van der Waals surface area contributed by atoms with Gasteiger partial charge in [0.1, 0.15) is 17.5 Å². The van der Waals surface area contributed by atoms with Gasteiger partial charge < -0.3 is 5.73 Å². The van der Waals surface area contributed by atoms with Crippen LogP contribution in [0.2, 0.25) is 0 Å². The number of nitrogen functional groups attached to an aromatic ring is 1. The summed E-state index contributed by atoms with van der Waals surface area (Å²) in [5.74, 6) is -0.924. The Morgan fingerprint density at radius 3 is 2.89 bits per heavy atom. The van der Waals surface area contributed by atoms with Crippen LogP contribution in [0, 0.1) is 18.6 Å². The smallest absolute Gasteiger partial charge is 0.205 e. The van der Waals surface area contributed by atoms with E-state index in [0.717, 1.165) is 6.21 Å². The van der Waals surface area contributed by atoms with Gasteiger partial charge in [0.25, 0.3) is 0 Å². The lowest BCUT2D eigenvalue weighted by atomic mass is 10.1. The number of rotatable bonds is 3. The van der Waals surface area contributed by atoms with Crippen molar-refractivity contribution in [3.8, 4) is 0 Å². The van der Waals surface area contributed by atoms with Gasteiger partial charge in [-0.25, -0.2) is 13.8 Å². The van der Waals surface area contributed by atoms with E-state index in [4.69, 9.17) is 5.73 Å². The fraction of sp³-hybridized carbons (Fsp3) is 0.0909. The minimum Gasteiger partial charge on any atom is -0.383 e. The molecule has 0 aliphatic carbocycles. The quantitative estimate of drug-likeness (QED) is 0.664. The number of nitrogens with one attached hydrogen (secondary N) is 1. The van der Waals surface area contributed by atoms with Crippen LogP contribution in [0.1, 0.15) is 11.1 Å². The number of hydrogen-bond donors (Lipinski definition) is 2. The van der Waals surface area contributed by atoms with Crippen LogP contribution in [0.4, 0.5) is 19.7 Å². The van der Waals surface area contributed by atoms with Crippen LogP contribution in [-0.4, -0.2) is 11.2 Å². The summed E-state index contributed by atoms with van der Waals surface area (Å²) in [7, 11) is 0. The molecule has 0 fully saturated rings. The van der Waals surface area contributed by atoms with E-state index in [1.165, 1.54) is 23.5 Å². The van der Waals surface area contributed by atoms with E-state index in [0.29, 0.717) is 16.5 Å².